The van der Waals surface area contributed by atoms with Gasteiger partial charge in [-0.1, -0.05) is 6.07 Å². The fourth-order valence-corrected chi connectivity index (χ4v) is 3.68. The molecule has 0 saturated heterocycles. The lowest BCUT2D eigenvalue weighted by molar-refractivity contribution is -0.121. The summed E-state index contributed by atoms with van der Waals surface area (Å²) in [7, 11) is 0. The minimum atomic E-state index is -1.01. The molecule has 25 heavy (non-hydrogen) atoms. The third kappa shape index (κ3) is 2.49. The summed E-state index contributed by atoms with van der Waals surface area (Å²) < 4.78 is 13.9. The minimum Gasteiger partial charge on any atom is -0.396 e. The van der Waals surface area contributed by atoms with Crippen LogP contribution in [0.4, 0.5) is 15.9 Å². The van der Waals surface area contributed by atoms with E-state index >= 15 is 0 Å². The monoisotopic (exact) mass is 342 g/mol. The highest BCUT2D eigenvalue weighted by Crippen LogP contribution is 2.45. The summed E-state index contributed by atoms with van der Waals surface area (Å²) in [5.74, 6) is 0.337. The van der Waals surface area contributed by atoms with Gasteiger partial charge in [0, 0.05) is 24.3 Å². The fraction of sp³-hybridized carbons (Fsp3) is 0.353. The van der Waals surface area contributed by atoms with E-state index in [0.29, 0.717) is 48.3 Å². The molecule has 6 N–H and O–H groups in total. The van der Waals surface area contributed by atoms with Gasteiger partial charge in [-0.2, -0.15) is 5.10 Å². The van der Waals surface area contributed by atoms with Gasteiger partial charge in [-0.05, 0) is 25.0 Å². The van der Waals surface area contributed by atoms with Crippen LogP contribution in [-0.4, -0.2) is 22.3 Å². The second kappa shape index (κ2) is 5.66. The number of nitrogens with zero attached hydrogens (tertiary/aromatic N) is 2. The van der Waals surface area contributed by atoms with Crippen LogP contribution in [0.3, 0.4) is 0 Å². The van der Waals surface area contributed by atoms with Crippen LogP contribution in [0.15, 0.2) is 23.2 Å². The van der Waals surface area contributed by atoms with Crippen molar-refractivity contribution in [3.8, 4) is 11.3 Å². The maximum Gasteiger partial charge on any atom is 0.160 e. The quantitative estimate of drug-likeness (QED) is 0.623. The summed E-state index contributed by atoms with van der Waals surface area (Å²) in [6, 6.07) is 4.58. The number of nitrogens with one attached hydrogen (secondary N) is 2. The molecule has 2 aliphatic rings. The summed E-state index contributed by atoms with van der Waals surface area (Å²) in [5.41, 5.74) is 13.3. The Labute approximate surface area is 143 Å². The number of aliphatic imine (C=N–C) groups is 1. The number of hydrogen-bond donors (Lipinski definition) is 4. The van der Waals surface area contributed by atoms with Crippen molar-refractivity contribution in [3.63, 3.8) is 0 Å². The van der Waals surface area contributed by atoms with E-state index in [9.17, 15) is 9.18 Å². The standard InChI is InChI=1S/C17H19FN6O/c18-12-7-9(1-6-13(12)19)15-14-16(24-23-15)21-8-22-17(14,20)10-2-4-11(25)5-3-10/h1,6-8,10H,2-5,19-20H2,(H2,21,22,23,24). The maximum atomic E-state index is 13.9. The number of nitrogen functional groups attached to an aromatic ring is 1. The highest BCUT2D eigenvalue weighted by Gasteiger charge is 2.44. The van der Waals surface area contributed by atoms with Gasteiger partial charge in [0.15, 0.2) is 5.82 Å². The zero-order valence-electron chi connectivity index (χ0n) is 13.6. The Kier molecular flexibility index (Phi) is 3.57. The molecule has 1 aromatic heterocycles. The Morgan fingerprint density at radius 3 is 2.76 bits per heavy atom. The Hall–Kier alpha value is -2.74. The van der Waals surface area contributed by atoms with Crippen LogP contribution in [-0.2, 0) is 10.5 Å². The van der Waals surface area contributed by atoms with Gasteiger partial charge in [-0.15, -0.1) is 0 Å². The highest BCUT2D eigenvalue weighted by atomic mass is 19.1. The van der Waals surface area contributed by atoms with Gasteiger partial charge >= 0.3 is 0 Å². The third-order valence-corrected chi connectivity index (χ3v) is 5.10. The van der Waals surface area contributed by atoms with Crippen molar-refractivity contribution in [2.24, 2.45) is 16.6 Å². The Morgan fingerprint density at radius 2 is 2.04 bits per heavy atom. The van der Waals surface area contributed by atoms with E-state index in [1.807, 2.05) is 0 Å². The largest absolute Gasteiger partial charge is 0.396 e. The van der Waals surface area contributed by atoms with Crippen molar-refractivity contribution < 1.29 is 9.18 Å². The molecule has 0 radical (unpaired) electrons. The van der Waals surface area contributed by atoms with Gasteiger partial charge in [0.1, 0.15) is 17.3 Å². The number of H-pyrrole nitrogens is 1. The minimum absolute atomic E-state index is 0.0114. The van der Waals surface area contributed by atoms with Gasteiger partial charge < -0.3 is 16.8 Å². The van der Waals surface area contributed by atoms with E-state index in [-0.39, 0.29) is 17.4 Å². The molecular formula is C17H19FN6O. The number of nitrogens with two attached hydrogens (primary N) is 2. The summed E-state index contributed by atoms with van der Waals surface area (Å²) in [6.07, 6.45) is 3.89. The molecule has 1 aliphatic heterocycles. The van der Waals surface area contributed by atoms with Crippen molar-refractivity contribution in [3.05, 3.63) is 29.6 Å². The summed E-state index contributed by atoms with van der Waals surface area (Å²) >= 11 is 0. The van der Waals surface area contributed by atoms with E-state index < -0.39 is 11.5 Å². The molecule has 1 aliphatic carbocycles. The number of rotatable bonds is 2. The number of halogens is 1. The van der Waals surface area contributed by atoms with E-state index in [1.165, 1.54) is 18.5 Å². The SMILES string of the molecule is Nc1ccc(-c2[nH]nc3c2C(N)(C2CCC(=O)CC2)N=CN3)cc1F. The molecular weight excluding hydrogens is 323 g/mol. The number of aromatic amines is 1. The zero-order valence-corrected chi connectivity index (χ0v) is 13.6. The predicted octanol–water partition coefficient (Wildman–Crippen LogP) is 2.12. The Bertz CT molecular complexity index is 866. The molecule has 1 saturated carbocycles. The average Bonchev–Trinajstić information content (AvgIpc) is 3.04. The van der Waals surface area contributed by atoms with Crippen molar-refractivity contribution in [1.82, 2.24) is 10.2 Å². The maximum absolute atomic E-state index is 13.9. The van der Waals surface area contributed by atoms with Crippen LogP contribution in [0.25, 0.3) is 11.3 Å². The Morgan fingerprint density at radius 1 is 1.28 bits per heavy atom. The lowest BCUT2D eigenvalue weighted by atomic mass is 9.75. The van der Waals surface area contributed by atoms with Gasteiger partial charge in [0.05, 0.1) is 23.3 Å². The number of carbonyl (C=O) groups excluding carboxylic acids is 1. The average molecular weight is 342 g/mol. The van der Waals surface area contributed by atoms with E-state index in [1.54, 1.807) is 6.07 Å². The molecule has 0 spiro atoms. The fourth-order valence-electron chi connectivity index (χ4n) is 3.68. The second-order valence-electron chi connectivity index (χ2n) is 6.60. The van der Waals surface area contributed by atoms with Gasteiger partial charge in [-0.3, -0.25) is 9.89 Å². The van der Waals surface area contributed by atoms with Crippen molar-refractivity contribution in [2.45, 2.75) is 31.3 Å². The highest BCUT2D eigenvalue weighted by molar-refractivity contribution is 5.84. The Balaban J connectivity index is 1.80. The summed E-state index contributed by atoms with van der Waals surface area (Å²) in [6.45, 7) is 0. The number of hydrogen-bond acceptors (Lipinski definition) is 6. The predicted molar refractivity (Wildman–Crippen MR) is 93.3 cm³/mol. The van der Waals surface area contributed by atoms with Gasteiger partial charge in [-0.25, -0.2) is 9.38 Å². The summed E-state index contributed by atoms with van der Waals surface area (Å²) in [5, 5.41) is 10.2. The smallest absolute Gasteiger partial charge is 0.160 e. The molecule has 130 valence electrons. The second-order valence-corrected chi connectivity index (χ2v) is 6.60. The van der Waals surface area contributed by atoms with Gasteiger partial charge in [0.2, 0.25) is 0 Å². The molecule has 1 atom stereocenters. The van der Waals surface area contributed by atoms with Crippen molar-refractivity contribution in [1.29, 1.82) is 0 Å². The number of ketones is 1. The summed E-state index contributed by atoms with van der Waals surface area (Å²) in [4.78, 5) is 16.1. The lowest BCUT2D eigenvalue weighted by Gasteiger charge is -2.38. The molecule has 4 rings (SSSR count). The molecule has 7 nitrogen and oxygen atoms in total. The van der Waals surface area contributed by atoms with Crippen LogP contribution < -0.4 is 16.8 Å². The number of carbonyl (C=O) groups is 1. The molecule has 2 aromatic rings. The first-order valence-electron chi connectivity index (χ1n) is 8.24. The molecule has 8 heteroatoms. The molecule has 0 amide bonds. The first-order chi connectivity index (χ1) is 12.0. The van der Waals surface area contributed by atoms with E-state index in [2.05, 4.69) is 20.5 Å². The molecule has 1 aromatic carbocycles. The van der Waals surface area contributed by atoms with Crippen molar-refractivity contribution >= 4 is 23.6 Å². The topological polar surface area (TPSA) is 122 Å². The normalized spacial score (nSPS) is 23.4. The van der Waals surface area contributed by atoms with E-state index in [4.69, 9.17) is 11.5 Å². The molecule has 0 bridgehead atoms. The molecule has 2 heterocycles. The molecule has 1 unspecified atom stereocenters. The first kappa shape index (κ1) is 15.8. The zero-order chi connectivity index (χ0) is 17.6. The van der Waals surface area contributed by atoms with Crippen LogP contribution in [0, 0.1) is 11.7 Å². The third-order valence-electron chi connectivity index (χ3n) is 5.10. The van der Waals surface area contributed by atoms with E-state index in [0.717, 1.165) is 0 Å². The molecule has 1 fully saturated rings. The number of fused-ring (bicyclic) bond motifs is 1. The van der Waals surface area contributed by atoms with Crippen LogP contribution in [0.5, 0.6) is 0 Å². The number of Topliss-reactive ketones (excluding diaryl/α,β-unsaturated/α-hetero) is 1. The number of aromatic nitrogens is 2. The van der Waals surface area contributed by atoms with Crippen LogP contribution in [0.2, 0.25) is 0 Å². The van der Waals surface area contributed by atoms with Crippen LogP contribution >= 0.6 is 0 Å². The lowest BCUT2D eigenvalue weighted by Crippen LogP contribution is -2.46. The first-order valence-corrected chi connectivity index (χ1v) is 8.24. The van der Waals surface area contributed by atoms with Crippen molar-refractivity contribution in [2.75, 3.05) is 11.1 Å². The number of benzene rings is 1. The van der Waals surface area contributed by atoms with Gasteiger partial charge in [0.25, 0.3) is 0 Å². The van der Waals surface area contributed by atoms with Crippen LogP contribution in [0.1, 0.15) is 31.2 Å². The number of anilines is 2.